The van der Waals surface area contributed by atoms with Crippen molar-refractivity contribution in [2.24, 2.45) is 0 Å². The molecule has 1 N–H and O–H groups in total. The van der Waals surface area contributed by atoms with E-state index in [0.29, 0.717) is 13.2 Å². The Morgan fingerprint density at radius 3 is 2.73 bits per heavy atom. The van der Waals surface area contributed by atoms with Crippen molar-refractivity contribution in [2.45, 2.75) is 19.1 Å². The second-order valence-electron chi connectivity index (χ2n) is 2.62. The van der Waals surface area contributed by atoms with Gasteiger partial charge in [0.1, 0.15) is 6.10 Å². The van der Waals surface area contributed by atoms with E-state index >= 15 is 0 Å². The minimum atomic E-state index is -0.365. The largest absolute Gasteiger partial charge is 0.377 e. The van der Waals surface area contributed by atoms with E-state index in [2.05, 4.69) is 5.32 Å². The van der Waals surface area contributed by atoms with E-state index < -0.39 is 0 Å². The standard InChI is InChI=1S/C7H13NO3/c1-5(10-2)7(9)8-6-3-11-4-6/h5-6H,3-4H2,1-2H3,(H,8,9). The van der Waals surface area contributed by atoms with Crippen molar-refractivity contribution in [3.63, 3.8) is 0 Å². The van der Waals surface area contributed by atoms with Crippen LogP contribution in [-0.4, -0.2) is 38.4 Å². The molecule has 0 aromatic carbocycles. The number of hydrogen-bond acceptors (Lipinski definition) is 3. The molecule has 0 aromatic rings. The van der Waals surface area contributed by atoms with Crippen LogP contribution in [0, 0.1) is 0 Å². The maximum absolute atomic E-state index is 11.1. The molecule has 0 aromatic heterocycles. The third kappa shape index (κ3) is 2.17. The first-order chi connectivity index (χ1) is 5.24. The lowest BCUT2D eigenvalue weighted by atomic mass is 10.2. The minimum Gasteiger partial charge on any atom is -0.377 e. The van der Waals surface area contributed by atoms with Crippen LogP contribution in [0.25, 0.3) is 0 Å². The molecule has 0 bridgehead atoms. The lowest BCUT2D eigenvalue weighted by Crippen LogP contribution is -2.51. The summed E-state index contributed by atoms with van der Waals surface area (Å²) in [5, 5.41) is 2.78. The highest BCUT2D eigenvalue weighted by molar-refractivity contribution is 5.80. The van der Waals surface area contributed by atoms with Gasteiger partial charge in [-0.25, -0.2) is 0 Å². The van der Waals surface area contributed by atoms with Crippen molar-refractivity contribution in [1.29, 1.82) is 0 Å². The van der Waals surface area contributed by atoms with Crippen LogP contribution in [0.2, 0.25) is 0 Å². The van der Waals surface area contributed by atoms with Gasteiger partial charge in [0.2, 0.25) is 5.91 Å². The van der Waals surface area contributed by atoms with E-state index in [0.717, 1.165) is 0 Å². The molecule has 11 heavy (non-hydrogen) atoms. The lowest BCUT2D eigenvalue weighted by molar-refractivity contribution is -0.134. The zero-order valence-corrected chi connectivity index (χ0v) is 6.79. The van der Waals surface area contributed by atoms with Crippen LogP contribution in [0.15, 0.2) is 0 Å². The predicted molar refractivity (Wildman–Crippen MR) is 39.2 cm³/mol. The Hall–Kier alpha value is -0.610. The molecule has 1 aliphatic heterocycles. The summed E-state index contributed by atoms with van der Waals surface area (Å²) in [6.45, 7) is 2.97. The molecule has 0 spiro atoms. The summed E-state index contributed by atoms with van der Waals surface area (Å²) in [5.41, 5.74) is 0. The lowest BCUT2D eigenvalue weighted by Gasteiger charge is -2.27. The van der Waals surface area contributed by atoms with Gasteiger partial charge in [0.25, 0.3) is 0 Å². The zero-order valence-electron chi connectivity index (χ0n) is 6.79. The summed E-state index contributed by atoms with van der Waals surface area (Å²) in [6, 6.07) is 0.195. The molecule has 4 heteroatoms. The van der Waals surface area contributed by atoms with Gasteiger partial charge in [0, 0.05) is 7.11 Å². The van der Waals surface area contributed by atoms with Crippen molar-refractivity contribution in [2.75, 3.05) is 20.3 Å². The fourth-order valence-corrected chi connectivity index (χ4v) is 0.745. The van der Waals surface area contributed by atoms with Crippen molar-refractivity contribution in [1.82, 2.24) is 5.32 Å². The summed E-state index contributed by atoms with van der Waals surface area (Å²) in [4.78, 5) is 11.1. The Labute approximate surface area is 65.9 Å². The summed E-state index contributed by atoms with van der Waals surface area (Å²) >= 11 is 0. The normalized spacial score (nSPS) is 20.5. The van der Waals surface area contributed by atoms with E-state index in [1.807, 2.05) is 0 Å². The molecule has 1 amide bonds. The number of carbonyl (C=O) groups is 1. The summed E-state index contributed by atoms with van der Waals surface area (Å²) in [5.74, 6) is -0.0687. The molecular weight excluding hydrogens is 146 g/mol. The predicted octanol–water partition coefficient (Wildman–Crippen LogP) is -0.464. The number of methoxy groups -OCH3 is 1. The van der Waals surface area contributed by atoms with Gasteiger partial charge in [-0.15, -0.1) is 0 Å². The van der Waals surface area contributed by atoms with Crippen LogP contribution in [0.1, 0.15) is 6.92 Å². The maximum atomic E-state index is 11.1. The van der Waals surface area contributed by atoms with Crippen LogP contribution >= 0.6 is 0 Å². The van der Waals surface area contributed by atoms with Crippen LogP contribution in [0.5, 0.6) is 0 Å². The van der Waals surface area contributed by atoms with Crippen LogP contribution < -0.4 is 5.32 Å². The highest BCUT2D eigenvalue weighted by Gasteiger charge is 2.22. The highest BCUT2D eigenvalue weighted by Crippen LogP contribution is 2.00. The quantitative estimate of drug-likeness (QED) is 0.606. The smallest absolute Gasteiger partial charge is 0.249 e. The van der Waals surface area contributed by atoms with Crippen molar-refractivity contribution >= 4 is 5.91 Å². The third-order valence-corrected chi connectivity index (χ3v) is 1.71. The number of amides is 1. The highest BCUT2D eigenvalue weighted by atomic mass is 16.5. The van der Waals surface area contributed by atoms with Gasteiger partial charge < -0.3 is 14.8 Å². The van der Waals surface area contributed by atoms with Gasteiger partial charge in [-0.05, 0) is 6.92 Å². The van der Waals surface area contributed by atoms with Crippen LogP contribution in [-0.2, 0) is 14.3 Å². The number of ether oxygens (including phenoxy) is 2. The van der Waals surface area contributed by atoms with E-state index in [9.17, 15) is 4.79 Å². The van der Waals surface area contributed by atoms with E-state index in [-0.39, 0.29) is 18.1 Å². The number of hydrogen-bond donors (Lipinski definition) is 1. The maximum Gasteiger partial charge on any atom is 0.249 e. The Kier molecular flexibility index (Phi) is 2.84. The molecule has 1 saturated heterocycles. The summed E-state index contributed by atoms with van der Waals surface area (Å²) < 4.78 is 9.72. The first-order valence-electron chi connectivity index (χ1n) is 3.65. The molecule has 0 saturated carbocycles. The second-order valence-corrected chi connectivity index (χ2v) is 2.62. The molecular formula is C7H13NO3. The van der Waals surface area contributed by atoms with E-state index in [4.69, 9.17) is 9.47 Å². The van der Waals surface area contributed by atoms with Crippen molar-refractivity contribution in [3.05, 3.63) is 0 Å². The first-order valence-corrected chi connectivity index (χ1v) is 3.65. The van der Waals surface area contributed by atoms with Gasteiger partial charge in [-0.3, -0.25) is 4.79 Å². The molecule has 0 radical (unpaired) electrons. The van der Waals surface area contributed by atoms with Gasteiger partial charge in [-0.1, -0.05) is 0 Å². The molecule has 1 unspecified atom stereocenters. The Morgan fingerprint density at radius 1 is 1.73 bits per heavy atom. The Morgan fingerprint density at radius 2 is 2.36 bits per heavy atom. The fourth-order valence-electron chi connectivity index (χ4n) is 0.745. The van der Waals surface area contributed by atoms with Gasteiger partial charge in [0.05, 0.1) is 19.3 Å². The summed E-state index contributed by atoms with van der Waals surface area (Å²) in [6.07, 6.45) is -0.365. The van der Waals surface area contributed by atoms with E-state index in [1.165, 1.54) is 7.11 Å². The van der Waals surface area contributed by atoms with Crippen molar-refractivity contribution < 1.29 is 14.3 Å². The number of rotatable bonds is 3. The van der Waals surface area contributed by atoms with Crippen molar-refractivity contribution in [3.8, 4) is 0 Å². The zero-order chi connectivity index (χ0) is 8.27. The molecule has 1 rings (SSSR count). The van der Waals surface area contributed by atoms with Crippen LogP contribution in [0.4, 0.5) is 0 Å². The molecule has 0 aliphatic carbocycles. The second kappa shape index (κ2) is 3.69. The molecule has 4 nitrogen and oxygen atoms in total. The third-order valence-electron chi connectivity index (χ3n) is 1.71. The average Bonchev–Trinajstić information content (AvgIpc) is 1.94. The molecule has 1 atom stereocenters. The topological polar surface area (TPSA) is 47.6 Å². The van der Waals surface area contributed by atoms with E-state index in [1.54, 1.807) is 6.92 Å². The first kappa shape index (κ1) is 8.49. The van der Waals surface area contributed by atoms with Crippen LogP contribution in [0.3, 0.4) is 0 Å². The fraction of sp³-hybridized carbons (Fsp3) is 0.857. The number of nitrogens with one attached hydrogen (secondary N) is 1. The van der Waals surface area contributed by atoms with Gasteiger partial charge >= 0.3 is 0 Å². The Bertz CT molecular complexity index is 145. The molecule has 1 heterocycles. The van der Waals surface area contributed by atoms with Gasteiger partial charge in [-0.2, -0.15) is 0 Å². The number of carbonyl (C=O) groups excluding carboxylic acids is 1. The molecule has 64 valence electrons. The monoisotopic (exact) mass is 159 g/mol. The summed E-state index contributed by atoms with van der Waals surface area (Å²) in [7, 11) is 1.52. The Balaban J connectivity index is 2.19. The molecule has 1 aliphatic rings. The minimum absolute atomic E-state index is 0.0687. The average molecular weight is 159 g/mol. The molecule has 1 fully saturated rings. The van der Waals surface area contributed by atoms with Gasteiger partial charge in [0.15, 0.2) is 0 Å². The SMILES string of the molecule is COC(C)C(=O)NC1COC1.